The molecule has 0 heterocycles. The Labute approximate surface area is 180 Å². The molecule has 0 amide bonds. The fourth-order valence-electron chi connectivity index (χ4n) is 2.21. The molecule has 0 bridgehead atoms. The monoisotopic (exact) mass is 495 g/mol. The van der Waals surface area contributed by atoms with Gasteiger partial charge in [0.15, 0.2) is 5.96 Å². The Balaban J connectivity index is 0.00000625. The third-order valence-electron chi connectivity index (χ3n) is 3.48. The highest BCUT2D eigenvalue weighted by Gasteiger charge is 2.05. The molecule has 150 valence electrons. The molecular weight excluding hydrogens is 461 g/mol. The van der Waals surface area contributed by atoms with Crippen LogP contribution in [0.25, 0.3) is 0 Å². The van der Waals surface area contributed by atoms with Gasteiger partial charge in [-0.05, 0) is 50.8 Å². The van der Waals surface area contributed by atoms with Crippen LogP contribution in [-0.4, -0.2) is 50.9 Å². The van der Waals surface area contributed by atoms with E-state index in [4.69, 9.17) is 14.5 Å². The van der Waals surface area contributed by atoms with Crippen LogP contribution in [0.15, 0.2) is 23.2 Å². The number of halogens is 1. The molecule has 0 aromatic heterocycles. The van der Waals surface area contributed by atoms with Crippen LogP contribution in [0.3, 0.4) is 0 Å². The van der Waals surface area contributed by atoms with Gasteiger partial charge < -0.3 is 20.1 Å². The summed E-state index contributed by atoms with van der Waals surface area (Å²) in [5.41, 5.74) is 2.27. The van der Waals surface area contributed by atoms with Crippen LogP contribution in [0.2, 0.25) is 0 Å². The average Bonchev–Trinajstić information content (AvgIpc) is 2.61. The summed E-state index contributed by atoms with van der Waals surface area (Å²) in [5, 5.41) is 6.67. The molecule has 26 heavy (non-hydrogen) atoms. The van der Waals surface area contributed by atoms with E-state index in [0.29, 0.717) is 26.4 Å². The predicted molar refractivity (Wildman–Crippen MR) is 124 cm³/mol. The molecule has 0 fully saturated rings. The van der Waals surface area contributed by atoms with E-state index in [2.05, 4.69) is 48.9 Å². The quantitative estimate of drug-likeness (QED) is 0.200. The van der Waals surface area contributed by atoms with Crippen molar-refractivity contribution >= 4 is 41.7 Å². The van der Waals surface area contributed by atoms with Gasteiger partial charge in [0, 0.05) is 25.3 Å². The molecule has 5 nitrogen and oxygen atoms in total. The third kappa shape index (κ3) is 11.1. The van der Waals surface area contributed by atoms with Gasteiger partial charge in [0.2, 0.25) is 0 Å². The van der Waals surface area contributed by atoms with Crippen LogP contribution in [0.4, 0.5) is 0 Å². The summed E-state index contributed by atoms with van der Waals surface area (Å²) in [4.78, 5) is 4.69. The highest BCUT2D eigenvalue weighted by molar-refractivity contribution is 14.0. The number of hydrogen-bond acceptors (Lipinski definition) is 4. The zero-order valence-corrected chi connectivity index (χ0v) is 19.6. The number of rotatable bonds is 12. The summed E-state index contributed by atoms with van der Waals surface area (Å²) < 4.78 is 11.2. The van der Waals surface area contributed by atoms with Gasteiger partial charge in [-0.15, -0.1) is 24.0 Å². The van der Waals surface area contributed by atoms with Gasteiger partial charge in [-0.25, -0.2) is 4.99 Å². The van der Waals surface area contributed by atoms with E-state index in [1.165, 1.54) is 5.56 Å². The van der Waals surface area contributed by atoms with E-state index in [-0.39, 0.29) is 24.0 Å². The second kappa shape index (κ2) is 16.5. The number of nitrogens with one attached hydrogen (secondary N) is 2. The van der Waals surface area contributed by atoms with Gasteiger partial charge in [-0.2, -0.15) is 11.8 Å². The molecule has 1 aromatic rings. The van der Waals surface area contributed by atoms with Crippen molar-refractivity contribution in [3.8, 4) is 5.75 Å². The van der Waals surface area contributed by atoms with Crippen LogP contribution in [0.1, 0.15) is 31.4 Å². The fourth-order valence-corrected chi connectivity index (χ4v) is 2.64. The van der Waals surface area contributed by atoms with Crippen LogP contribution >= 0.6 is 35.7 Å². The van der Waals surface area contributed by atoms with Gasteiger partial charge in [0.05, 0.1) is 13.2 Å². The molecule has 2 N–H and O–H groups in total. The average molecular weight is 495 g/mol. The van der Waals surface area contributed by atoms with Crippen molar-refractivity contribution in [2.24, 2.45) is 4.99 Å². The Bertz CT molecular complexity index is 516. The fraction of sp³-hybridized carbons (Fsp3) is 0.632. The normalized spacial score (nSPS) is 11.0. The van der Waals surface area contributed by atoms with Crippen molar-refractivity contribution in [2.45, 2.75) is 33.7 Å². The first-order valence-electron chi connectivity index (χ1n) is 9.02. The van der Waals surface area contributed by atoms with E-state index in [9.17, 15) is 0 Å². The SMILES string of the molecule is CCNC(=NCc1ccc(C)cc1OCCOCC)NCCCSC.I. The molecule has 0 atom stereocenters. The lowest BCUT2D eigenvalue weighted by atomic mass is 10.1. The van der Waals surface area contributed by atoms with Crippen LogP contribution in [0, 0.1) is 6.92 Å². The van der Waals surface area contributed by atoms with E-state index < -0.39 is 0 Å². The second-order valence-electron chi connectivity index (χ2n) is 5.62. The molecule has 0 aliphatic carbocycles. The summed E-state index contributed by atoms with van der Waals surface area (Å²) in [5.74, 6) is 2.90. The summed E-state index contributed by atoms with van der Waals surface area (Å²) >= 11 is 1.86. The first-order chi connectivity index (χ1) is 12.2. The van der Waals surface area contributed by atoms with Crippen molar-refractivity contribution in [2.75, 3.05) is 44.9 Å². The van der Waals surface area contributed by atoms with E-state index in [0.717, 1.165) is 42.5 Å². The summed E-state index contributed by atoms with van der Waals surface area (Å²) in [7, 11) is 0. The zero-order valence-electron chi connectivity index (χ0n) is 16.5. The van der Waals surface area contributed by atoms with Gasteiger partial charge >= 0.3 is 0 Å². The Hall–Kier alpha value is -0.670. The Morgan fingerprint density at radius 1 is 1.19 bits per heavy atom. The standard InChI is InChI=1S/C19H33N3O2S.HI/c1-5-20-19(21-10-7-13-25-4)22-15-17-9-8-16(3)14-18(17)24-12-11-23-6-2;/h8-9,14H,5-7,10-13,15H2,1-4H3,(H2,20,21,22);1H. The second-order valence-corrected chi connectivity index (χ2v) is 6.61. The first-order valence-corrected chi connectivity index (χ1v) is 10.4. The van der Waals surface area contributed by atoms with E-state index in [1.807, 2.05) is 18.7 Å². The molecule has 7 heteroatoms. The van der Waals surface area contributed by atoms with Crippen molar-refractivity contribution in [1.29, 1.82) is 0 Å². The lowest BCUT2D eigenvalue weighted by Crippen LogP contribution is -2.37. The van der Waals surface area contributed by atoms with E-state index in [1.54, 1.807) is 0 Å². The first kappa shape index (κ1) is 25.3. The topological polar surface area (TPSA) is 54.9 Å². The van der Waals surface area contributed by atoms with Gasteiger partial charge in [-0.1, -0.05) is 12.1 Å². The van der Waals surface area contributed by atoms with Crippen molar-refractivity contribution in [3.05, 3.63) is 29.3 Å². The molecule has 0 aliphatic rings. The van der Waals surface area contributed by atoms with E-state index >= 15 is 0 Å². The lowest BCUT2D eigenvalue weighted by Gasteiger charge is -2.13. The number of ether oxygens (including phenoxy) is 2. The number of guanidine groups is 1. The molecule has 0 saturated heterocycles. The molecule has 0 saturated carbocycles. The number of thioether (sulfide) groups is 1. The van der Waals surface area contributed by atoms with Gasteiger partial charge in [0.1, 0.15) is 12.4 Å². The summed E-state index contributed by atoms with van der Waals surface area (Å²) in [6.45, 7) is 10.4. The number of nitrogens with zero attached hydrogens (tertiary/aromatic N) is 1. The highest BCUT2D eigenvalue weighted by atomic mass is 127. The predicted octanol–water partition coefficient (Wildman–Crippen LogP) is 3.84. The third-order valence-corrected chi connectivity index (χ3v) is 4.18. The van der Waals surface area contributed by atoms with Gasteiger partial charge in [0.25, 0.3) is 0 Å². The molecule has 0 unspecified atom stereocenters. The highest BCUT2D eigenvalue weighted by Crippen LogP contribution is 2.21. The molecule has 1 aromatic carbocycles. The maximum Gasteiger partial charge on any atom is 0.191 e. The Morgan fingerprint density at radius 3 is 2.69 bits per heavy atom. The minimum Gasteiger partial charge on any atom is -0.491 e. The maximum absolute atomic E-state index is 5.89. The summed E-state index contributed by atoms with van der Waals surface area (Å²) in [6.07, 6.45) is 3.26. The number of aliphatic imine (C=N–C) groups is 1. The van der Waals surface area contributed by atoms with Crippen LogP contribution < -0.4 is 15.4 Å². The molecule has 0 spiro atoms. The van der Waals surface area contributed by atoms with Crippen molar-refractivity contribution in [1.82, 2.24) is 10.6 Å². The minimum atomic E-state index is 0. The summed E-state index contributed by atoms with van der Waals surface area (Å²) in [6, 6.07) is 6.25. The van der Waals surface area contributed by atoms with Gasteiger partial charge in [-0.3, -0.25) is 0 Å². The zero-order chi connectivity index (χ0) is 18.3. The largest absolute Gasteiger partial charge is 0.491 e. The minimum absolute atomic E-state index is 0. The smallest absolute Gasteiger partial charge is 0.191 e. The molecular formula is C19H34IN3O2S. The van der Waals surface area contributed by atoms with Crippen LogP contribution in [0.5, 0.6) is 5.75 Å². The Morgan fingerprint density at radius 2 is 2.00 bits per heavy atom. The number of benzene rings is 1. The number of hydrogen-bond donors (Lipinski definition) is 2. The molecule has 0 aliphatic heterocycles. The Kier molecular flexibility index (Phi) is 16.1. The molecule has 0 radical (unpaired) electrons. The number of aryl methyl sites for hydroxylation is 1. The lowest BCUT2D eigenvalue weighted by molar-refractivity contribution is 0.110. The van der Waals surface area contributed by atoms with Crippen molar-refractivity contribution < 1.29 is 9.47 Å². The van der Waals surface area contributed by atoms with Crippen molar-refractivity contribution in [3.63, 3.8) is 0 Å². The maximum atomic E-state index is 5.89. The van der Waals surface area contributed by atoms with Crippen LogP contribution in [-0.2, 0) is 11.3 Å². The molecule has 1 rings (SSSR count).